The number of rotatable bonds is 6. The molecule has 1 heterocycles. The van der Waals surface area contributed by atoms with Crippen LogP contribution in [0.3, 0.4) is 0 Å². The van der Waals surface area contributed by atoms with Crippen molar-refractivity contribution in [3.8, 4) is 5.75 Å². The highest BCUT2D eigenvalue weighted by Gasteiger charge is 2.15. The molecule has 0 aliphatic rings. The maximum Gasteiger partial charge on any atom is 0.270 e. The Labute approximate surface area is 129 Å². The zero-order chi connectivity index (χ0) is 16.1. The first-order chi connectivity index (χ1) is 10.5. The van der Waals surface area contributed by atoms with Crippen molar-refractivity contribution in [3.05, 3.63) is 53.3 Å². The molecule has 0 fully saturated rings. The summed E-state index contributed by atoms with van der Waals surface area (Å²) >= 11 is 0. The number of ketones is 1. The molecule has 1 N–H and O–H groups in total. The number of para-hydroxylation sites is 1. The summed E-state index contributed by atoms with van der Waals surface area (Å²) in [5.74, 6) is 0.587. The first kappa shape index (κ1) is 15.8. The number of Topliss-reactive ketones (excluding diaryl/α,β-unsaturated/α-hetero) is 1. The van der Waals surface area contributed by atoms with Gasteiger partial charge in [0.25, 0.3) is 5.91 Å². The molecule has 0 atom stereocenters. The van der Waals surface area contributed by atoms with Crippen LogP contribution in [0, 0.1) is 6.92 Å². The number of aromatic nitrogens is 1. The number of nitrogens with zero attached hydrogens (tertiary/aromatic N) is 1. The van der Waals surface area contributed by atoms with Gasteiger partial charge in [0, 0.05) is 18.8 Å². The molecule has 22 heavy (non-hydrogen) atoms. The molecule has 0 bridgehead atoms. The van der Waals surface area contributed by atoms with E-state index in [2.05, 4.69) is 4.98 Å². The summed E-state index contributed by atoms with van der Waals surface area (Å²) in [6.07, 6.45) is 1.55. The van der Waals surface area contributed by atoms with E-state index in [1.165, 1.54) is 6.92 Å². The molecule has 0 saturated carbocycles. The molecule has 1 aromatic heterocycles. The second-order valence-electron chi connectivity index (χ2n) is 5.20. The average Bonchev–Trinajstić information content (AvgIpc) is 2.98. The van der Waals surface area contributed by atoms with E-state index < -0.39 is 0 Å². The van der Waals surface area contributed by atoms with E-state index in [9.17, 15) is 9.59 Å². The van der Waals surface area contributed by atoms with Gasteiger partial charge in [-0.3, -0.25) is 9.59 Å². The van der Waals surface area contributed by atoms with Gasteiger partial charge >= 0.3 is 0 Å². The molecule has 5 heteroatoms. The molecule has 0 aliphatic heterocycles. The van der Waals surface area contributed by atoms with Crippen LogP contribution in [-0.4, -0.2) is 41.8 Å². The van der Waals surface area contributed by atoms with Crippen LogP contribution in [0.2, 0.25) is 0 Å². The van der Waals surface area contributed by atoms with Crippen LogP contribution in [0.25, 0.3) is 0 Å². The topological polar surface area (TPSA) is 62.4 Å². The molecule has 1 amide bonds. The summed E-state index contributed by atoms with van der Waals surface area (Å²) in [5.41, 5.74) is 1.98. The molecular formula is C17H20N2O3. The Bertz CT molecular complexity index is 676. The number of benzene rings is 1. The predicted molar refractivity (Wildman–Crippen MR) is 84.4 cm³/mol. The van der Waals surface area contributed by atoms with Gasteiger partial charge in [0.2, 0.25) is 0 Å². The van der Waals surface area contributed by atoms with Crippen molar-refractivity contribution in [2.45, 2.75) is 13.8 Å². The van der Waals surface area contributed by atoms with Crippen LogP contribution in [0.1, 0.15) is 33.3 Å². The lowest BCUT2D eigenvalue weighted by atomic mass is 10.2. The number of aromatic amines is 1. The standard InChI is InChI=1S/C17H20N2O3/c1-12-6-4-5-7-16(12)22-9-8-19(3)17(21)15-10-14(11-18-15)13(2)20/h4-7,10-11,18H,8-9H2,1-3H3. The molecule has 1 aromatic carbocycles. The van der Waals surface area contributed by atoms with Crippen LogP contribution < -0.4 is 4.74 Å². The van der Waals surface area contributed by atoms with Gasteiger partial charge in [-0.2, -0.15) is 0 Å². The minimum atomic E-state index is -0.166. The van der Waals surface area contributed by atoms with Crippen molar-refractivity contribution in [2.24, 2.45) is 0 Å². The number of ether oxygens (including phenoxy) is 1. The minimum Gasteiger partial charge on any atom is -0.491 e. The molecule has 2 rings (SSSR count). The highest BCUT2D eigenvalue weighted by Crippen LogP contribution is 2.16. The van der Waals surface area contributed by atoms with Crippen molar-refractivity contribution < 1.29 is 14.3 Å². The molecule has 0 aliphatic carbocycles. The molecule has 0 saturated heterocycles. The van der Waals surface area contributed by atoms with Gasteiger partial charge in [-0.25, -0.2) is 0 Å². The van der Waals surface area contributed by atoms with E-state index in [1.54, 1.807) is 24.2 Å². The van der Waals surface area contributed by atoms with Crippen molar-refractivity contribution in [1.82, 2.24) is 9.88 Å². The lowest BCUT2D eigenvalue weighted by molar-refractivity contribution is 0.0768. The van der Waals surface area contributed by atoms with Crippen molar-refractivity contribution in [2.75, 3.05) is 20.2 Å². The fourth-order valence-corrected chi connectivity index (χ4v) is 2.04. The van der Waals surface area contributed by atoms with E-state index in [-0.39, 0.29) is 11.7 Å². The van der Waals surface area contributed by atoms with E-state index in [4.69, 9.17) is 4.74 Å². The van der Waals surface area contributed by atoms with E-state index in [0.717, 1.165) is 11.3 Å². The molecule has 0 unspecified atom stereocenters. The molecule has 0 radical (unpaired) electrons. The second kappa shape index (κ2) is 6.93. The number of amides is 1. The van der Waals surface area contributed by atoms with Crippen LogP contribution in [0.15, 0.2) is 36.5 Å². The van der Waals surface area contributed by atoms with Crippen LogP contribution in [0.5, 0.6) is 5.75 Å². The number of aryl methyl sites for hydroxylation is 1. The summed E-state index contributed by atoms with van der Waals surface area (Å²) in [4.78, 5) is 27.9. The zero-order valence-corrected chi connectivity index (χ0v) is 13.1. The largest absolute Gasteiger partial charge is 0.491 e. The number of nitrogens with one attached hydrogen (secondary N) is 1. The first-order valence-electron chi connectivity index (χ1n) is 7.12. The van der Waals surface area contributed by atoms with Gasteiger partial charge in [0.15, 0.2) is 5.78 Å². The lowest BCUT2D eigenvalue weighted by Crippen LogP contribution is -2.31. The van der Waals surface area contributed by atoms with Crippen LogP contribution in [-0.2, 0) is 0 Å². The number of hydrogen-bond acceptors (Lipinski definition) is 3. The Morgan fingerprint density at radius 3 is 2.64 bits per heavy atom. The van der Waals surface area contributed by atoms with Gasteiger partial charge in [-0.1, -0.05) is 18.2 Å². The van der Waals surface area contributed by atoms with E-state index >= 15 is 0 Å². The smallest absolute Gasteiger partial charge is 0.270 e. The maximum absolute atomic E-state index is 12.2. The predicted octanol–water partition coefficient (Wildman–Crippen LogP) is 2.68. The Balaban J connectivity index is 1.88. The number of carbonyl (C=O) groups is 2. The fourth-order valence-electron chi connectivity index (χ4n) is 2.04. The summed E-state index contributed by atoms with van der Waals surface area (Å²) < 4.78 is 5.68. The summed E-state index contributed by atoms with van der Waals surface area (Å²) in [5, 5.41) is 0. The van der Waals surface area contributed by atoms with Crippen molar-refractivity contribution >= 4 is 11.7 Å². The second-order valence-corrected chi connectivity index (χ2v) is 5.20. The Morgan fingerprint density at radius 1 is 1.27 bits per heavy atom. The molecule has 0 spiro atoms. The Hall–Kier alpha value is -2.56. The van der Waals surface area contributed by atoms with Crippen molar-refractivity contribution in [3.63, 3.8) is 0 Å². The monoisotopic (exact) mass is 300 g/mol. The summed E-state index contributed by atoms with van der Waals surface area (Å²) in [6, 6.07) is 9.33. The third-order valence-corrected chi connectivity index (χ3v) is 3.44. The Morgan fingerprint density at radius 2 is 2.00 bits per heavy atom. The number of likely N-dealkylation sites (N-methyl/N-ethyl adjacent to an activating group) is 1. The normalized spacial score (nSPS) is 10.3. The number of hydrogen-bond donors (Lipinski definition) is 1. The average molecular weight is 300 g/mol. The van der Waals surface area contributed by atoms with Crippen molar-refractivity contribution in [1.29, 1.82) is 0 Å². The van der Waals surface area contributed by atoms with Crippen LogP contribution in [0.4, 0.5) is 0 Å². The molecule has 116 valence electrons. The van der Waals surface area contributed by atoms with Gasteiger partial charge in [-0.15, -0.1) is 0 Å². The zero-order valence-electron chi connectivity index (χ0n) is 13.1. The lowest BCUT2D eigenvalue weighted by Gasteiger charge is -2.17. The fraction of sp³-hybridized carbons (Fsp3) is 0.294. The van der Waals surface area contributed by atoms with E-state index in [0.29, 0.717) is 24.4 Å². The maximum atomic E-state index is 12.2. The van der Waals surface area contributed by atoms with Gasteiger partial charge < -0.3 is 14.6 Å². The quantitative estimate of drug-likeness (QED) is 0.834. The molecule has 5 nitrogen and oxygen atoms in total. The number of H-pyrrole nitrogens is 1. The van der Waals surface area contributed by atoms with Gasteiger partial charge in [-0.05, 0) is 31.5 Å². The summed E-state index contributed by atoms with van der Waals surface area (Å²) in [6.45, 7) is 4.32. The number of carbonyl (C=O) groups excluding carboxylic acids is 2. The first-order valence-corrected chi connectivity index (χ1v) is 7.12. The highest BCUT2D eigenvalue weighted by atomic mass is 16.5. The van der Waals surface area contributed by atoms with Crippen LogP contribution >= 0.6 is 0 Å². The SMILES string of the molecule is CC(=O)c1c[nH]c(C(=O)N(C)CCOc2ccccc2C)c1. The third-order valence-electron chi connectivity index (χ3n) is 3.44. The Kier molecular flexibility index (Phi) is 4.99. The minimum absolute atomic E-state index is 0.0687. The highest BCUT2D eigenvalue weighted by molar-refractivity contribution is 5.98. The molecular weight excluding hydrogens is 280 g/mol. The third kappa shape index (κ3) is 3.75. The van der Waals surface area contributed by atoms with Gasteiger partial charge in [0.05, 0.1) is 6.54 Å². The summed E-state index contributed by atoms with van der Waals surface area (Å²) in [7, 11) is 1.71. The molecule has 2 aromatic rings. The van der Waals surface area contributed by atoms with E-state index in [1.807, 2.05) is 31.2 Å². The van der Waals surface area contributed by atoms with Gasteiger partial charge in [0.1, 0.15) is 18.1 Å².